The number of hydrogen-bond acceptors (Lipinski definition) is 4. The first-order valence-electron chi connectivity index (χ1n) is 7.05. The quantitative estimate of drug-likeness (QED) is 0.870. The number of rotatable bonds is 3. The first kappa shape index (κ1) is 14.3. The molecule has 1 atom stereocenters. The second kappa shape index (κ2) is 5.99. The van der Waals surface area contributed by atoms with E-state index in [1.165, 1.54) is 0 Å². The third-order valence-corrected chi connectivity index (χ3v) is 4.52. The van der Waals surface area contributed by atoms with Gasteiger partial charge < -0.3 is 14.2 Å². The van der Waals surface area contributed by atoms with E-state index in [9.17, 15) is 4.79 Å². The molecule has 0 saturated carbocycles. The lowest BCUT2D eigenvalue weighted by Gasteiger charge is -2.32. The van der Waals surface area contributed by atoms with Gasteiger partial charge in [0.15, 0.2) is 0 Å². The average molecular weight is 305 g/mol. The van der Waals surface area contributed by atoms with Gasteiger partial charge in [-0.15, -0.1) is 11.3 Å². The lowest BCUT2D eigenvalue weighted by molar-refractivity contribution is -0.138. The van der Waals surface area contributed by atoms with Crippen LogP contribution in [-0.2, 0) is 23.0 Å². The summed E-state index contributed by atoms with van der Waals surface area (Å²) in [6, 6.07) is 3.98. The van der Waals surface area contributed by atoms with Crippen LogP contribution in [0.2, 0.25) is 0 Å². The van der Waals surface area contributed by atoms with Gasteiger partial charge in [-0.05, 0) is 18.4 Å². The molecule has 0 radical (unpaired) electrons. The Morgan fingerprint density at radius 3 is 3.10 bits per heavy atom. The molecule has 0 bridgehead atoms. The molecule has 1 fully saturated rings. The summed E-state index contributed by atoms with van der Waals surface area (Å²) in [5.41, 5.74) is 0.970. The zero-order valence-electron chi connectivity index (χ0n) is 12.3. The summed E-state index contributed by atoms with van der Waals surface area (Å²) >= 11 is 1.62. The standard InChI is InChI=1S/C15H19N3O2S/c1-11-9-17(2)15(16-11)13-10-18(5-6-20-13)14(19)8-12-4-3-7-21-12/h3-4,7,9,13H,5-6,8,10H2,1-2H3. The topological polar surface area (TPSA) is 47.4 Å². The molecular formula is C15H19N3O2S. The van der Waals surface area contributed by atoms with Gasteiger partial charge >= 0.3 is 0 Å². The summed E-state index contributed by atoms with van der Waals surface area (Å²) in [5, 5.41) is 2.00. The van der Waals surface area contributed by atoms with Crippen molar-refractivity contribution in [2.24, 2.45) is 7.05 Å². The molecule has 112 valence electrons. The summed E-state index contributed by atoms with van der Waals surface area (Å²) in [4.78, 5) is 19.9. The van der Waals surface area contributed by atoms with Gasteiger partial charge in [-0.25, -0.2) is 4.98 Å². The van der Waals surface area contributed by atoms with Crippen molar-refractivity contribution >= 4 is 17.2 Å². The molecule has 1 aliphatic heterocycles. The lowest BCUT2D eigenvalue weighted by atomic mass is 10.2. The van der Waals surface area contributed by atoms with Crippen molar-refractivity contribution in [1.82, 2.24) is 14.5 Å². The molecule has 0 spiro atoms. The normalized spacial score (nSPS) is 19.0. The van der Waals surface area contributed by atoms with Crippen LogP contribution in [0.4, 0.5) is 0 Å². The largest absolute Gasteiger partial charge is 0.367 e. The number of nitrogens with zero attached hydrogens (tertiary/aromatic N) is 3. The van der Waals surface area contributed by atoms with Crippen molar-refractivity contribution in [3.63, 3.8) is 0 Å². The zero-order chi connectivity index (χ0) is 14.8. The summed E-state index contributed by atoms with van der Waals surface area (Å²) < 4.78 is 7.78. The minimum atomic E-state index is -0.135. The second-order valence-electron chi connectivity index (χ2n) is 5.31. The van der Waals surface area contributed by atoms with Crippen LogP contribution in [-0.4, -0.2) is 40.1 Å². The second-order valence-corrected chi connectivity index (χ2v) is 6.34. The van der Waals surface area contributed by atoms with E-state index < -0.39 is 0 Å². The van der Waals surface area contributed by atoms with E-state index in [1.54, 1.807) is 11.3 Å². The fourth-order valence-corrected chi connectivity index (χ4v) is 3.34. The Balaban J connectivity index is 1.68. The zero-order valence-corrected chi connectivity index (χ0v) is 13.1. The number of thiophene rings is 1. The Hall–Kier alpha value is -1.66. The third-order valence-electron chi connectivity index (χ3n) is 3.65. The van der Waals surface area contributed by atoms with Gasteiger partial charge in [0.2, 0.25) is 5.91 Å². The highest BCUT2D eigenvalue weighted by Gasteiger charge is 2.28. The van der Waals surface area contributed by atoms with Crippen LogP contribution < -0.4 is 0 Å². The number of carbonyl (C=O) groups is 1. The molecule has 3 heterocycles. The Morgan fingerprint density at radius 1 is 1.57 bits per heavy atom. The van der Waals surface area contributed by atoms with E-state index in [1.807, 2.05) is 47.1 Å². The Labute approximate surface area is 128 Å². The first-order chi connectivity index (χ1) is 10.1. The number of morpholine rings is 1. The first-order valence-corrected chi connectivity index (χ1v) is 7.93. The molecular weight excluding hydrogens is 286 g/mol. The van der Waals surface area contributed by atoms with Crippen LogP contribution in [0.15, 0.2) is 23.7 Å². The highest BCUT2D eigenvalue weighted by atomic mass is 32.1. The predicted octanol–water partition coefficient (Wildman–Crippen LogP) is 1.93. The Morgan fingerprint density at radius 2 is 2.43 bits per heavy atom. The summed E-state index contributed by atoms with van der Waals surface area (Å²) in [6.07, 6.45) is 2.32. The fraction of sp³-hybridized carbons (Fsp3) is 0.467. The molecule has 2 aromatic rings. The van der Waals surface area contributed by atoms with Crippen molar-refractivity contribution in [3.8, 4) is 0 Å². The van der Waals surface area contributed by atoms with Crippen LogP contribution in [0.25, 0.3) is 0 Å². The van der Waals surface area contributed by atoms with Gasteiger partial charge in [0.25, 0.3) is 0 Å². The molecule has 1 saturated heterocycles. The SMILES string of the molecule is Cc1cn(C)c(C2CN(C(=O)Cc3cccs3)CCO2)n1. The van der Waals surface area contributed by atoms with Crippen molar-refractivity contribution in [1.29, 1.82) is 0 Å². The summed E-state index contributed by atoms with van der Waals surface area (Å²) in [6.45, 7) is 3.76. The maximum Gasteiger partial charge on any atom is 0.228 e. The summed E-state index contributed by atoms with van der Waals surface area (Å²) in [7, 11) is 1.96. The number of ether oxygens (including phenoxy) is 1. The molecule has 3 rings (SSSR count). The van der Waals surface area contributed by atoms with Crippen LogP contribution in [0, 0.1) is 6.92 Å². The van der Waals surface area contributed by atoms with Crippen LogP contribution in [0.5, 0.6) is 0 Å². The van der Waals surface area contributed by atoms with E-state index in [-0.39, 0.29) is 12.0 Å². The minimum Gasteiger partial charge on any atom is -0.367 e. The van der Waals surface area contributed by atoms with E-state index in [0.29, 0.717) is 26.1 Å². The highest BCUT2D eigenvalue weighted by Crippen LogP contribution is 2.22. The van der Waals surface area contributed by atoms with E-state index in [2.05, 4.69) is 4.98 Å². The van der Waals surface area contributed by atoms with Crippen LogP contribution in [0.3, 0.4) is 0 Å². The van der Waals surface area contributed by atoms with Gasteiger partial charge in [-0.3, -0.25) is 4.79 Å². The van der Waals surface area contributed by atoms with Crippen LogP contribution >= 0.6 is 11.3 Å². The molecule has 0 N–H and O–H groups in total. The molecule has 21 heavy (non-hydrogen) atoms. The van der Waals surface area contributed by atoms with Gasteiger partial charge in [0, 0.05) is 24.7 Å². The molecule has 1 amide bonds. The fourth-order valence-electron chi connectivity index (χ4n) is 2.64. The molecule has 0 aliphatic carbocycles. The van der Waals surface area contributed by atoms with Crippen molar-refractivity contribution < 1.29 is 9.53 Å². The number of aryl methyl sites for hydroxylation is 2. The third kappa shape index (κ3) is 3.16. The van der Waals surface area contributed by atoms with Gasteiger partial charge in [-0.2, -0.15) is 0 Å². The molecule has 1 unspecified atom stereocenters. The Bertz CT molecular complexity index is 621. The van der Waals surface area contributed by atoms with E-state index in [0.717, 1.165) is 16.4 Å². The van der Waals surface area contributed by atoms with Crippen molar-refractivity contribution in [2.45, 2.75) is 19.4 Å². The minimum absolute atomic E-state index is 0.135. The van der Waals surface area contributed by atoms with Gasteiger partial charge in [0.1, 0.15) is 11.9 Å². The van der Waals surface area contributed by atoms with Crippen LogP contribution in [0.1, 0.15) is 22.5 Å². The molecule has 0 aromatic carbocycles. The smallest absolute Gasteiger partial charge is 0.228 e. The van der Waals surface area contributed by atoms with E-state index in [4.69, 9.17) is 4.74 Å². The monoisotopic (exact) mass is 305 g/mol. The average Bonchev–Trinajstić information content (AvgIpc) is 3.08. The van der Waals surface area contributed by atoms with E-state index >= 15 is 0 Å². The van der Waals surface area contributed by atoms with Gasteiger partial charge in [-0.1, -0.05) is 6.07 Å². The number of aromatic nitrogens is 2. The van der Waals surface area contributed by atoms with Crippen molar-refractivity contribution in [3.05, 3.63) is 40.1 Å². The Kier molecular flexibility index (Phi) is 4.07. The van der Waals surface area contributed by atoms with Gasteiger partial charge in [0.05, 0.1) is 25.3 Å². The summed E-state index contributed by atoms with van der Waals surface area (Å²) in [5.74, 6) is 1.05. The molecule has 1 aliphatic rings. The number of carbonyl (C=O) groups excluding carboxylic acids is 1. The maximum absolute atomic E-state index is 12.4. The highest BCUT2D eigenvalue weighted by molar-refractivity contribution is 7.10. The molecule has 2 aromatic heterocycles. The maximum atomic E-state index is 12.4. The number of hydrogen-bond donors (Lipinski definition) is 0. The predicted molar refractivity (Wildman–Crippen MR) is 81.2 cm³/mol. The molecule has 6 heteroatoms. The molecule has 5 nitrogen and oxygen atoms in total. The lowest BCUT2D eigenvalue weighted by Crippen LogP contribution is -2.43. The van der Waals surface area contributed by atoms with Crippen molar-refractivity contribution in [2.75, 3.05) is 19.7 Å². The number of imidazole rings is 1. The number of amides is 1.